The fourth-order valence-corrected chi connectivity index (χ4v) is 3.93. The predicted molar refractivity (Wildman–Crippen MR) is 169 cm³/mol. The Kier molecular flexibility index (Phi) is 16.7. The molecule has 10 nitrogen and oxygen atoms in total. The second-order valence-corrected chi connectivity index (χ2v) is 9.70. The molecule has 0 aliphatic carbocycles. The van der Waals surface area contributed by atoms with Crippen molar-refractivity contribution in [1.82, 2.24) is 19.9 Å². The molecule has 0 fully saturated rings. The maximum absolute atomic E-state index is 13.1. The number of halogens is 5. The third-order valence-corrected chi connectivity index (χ3v) is 6.03. The quantitative estimate of drug-likeness (QED) is 0.110. The molecule has 0 bridgehead atoms. The molecule has 0 amide bonds. The van der Waals surface area contributed by atoms with E-state index in [1.165, 1.54) is 36.7 Å². The molecule has 240 valence electrons. The number of carbonyl (C=O) groups is 2. The maximum Gasteiger partial charge on any atom is 0.343 e. The Morgan fingerprint density at radius 2 is 1.31 bits per heavy atom. The molecule has 0 aliphatic heterocycles. The highest BCUT2D eigenvalue weighted by Gasteiger charge is 2.15. The van der Waals surface area contributed by atoms with Gasteiger partial charge in [0.1, 0.15) is 33.7 Å². The van der Waals surface area contributed by atoms with E-state index in [2.05, 4.69) is 25.3 Å². The number of anilines is 1. The Balaban J connectivity index is 0.000000259. The van der Waals surface area contributed by atoms with Gasteiger partial charge in [0.15, 0.2) is 0 Å². The van der Waals surface area contributed by atoms with Crippen LogP contribution in [-0.4, -0.2) is 58.2 Å². The summed E-state index contributed by atoms with van der Waals surface area (Å²) in [4.78, 5) is 38.0. The number of esters is 2. The van der Waals surface area contributed by atoms with Crippen LogP contribution >= 0.6 is 34.8 Å². The van der Waals surface area contributed by atoms with E-state index < -0.39 is 11.9 Å². The number of hydrogen-bond donors (Lipinski definition) is 2. The molecule has 2 aromatic heterocycles. The lowest BCUT2D eigenvalue weighted by Crippen LogP contribution is -2.14. The van der Waals surface area contributed by atoms with Crippen molar-refractivity contribution in [2.24, 2.45) is 5.73 Å². The summed E-state index contributed by atoms with van der Waals surface area (Å²) in [6.45, 7) is 4.98. The number of carbonyl (C=O) groups excluding carboxylic acids is 2. The van der Waals surface area contributed by atoms with Crippen LogP contribution < -0.4 is 11.1 Å². The fraction of sp³-hybridized carbons (Fsp3) is 0.267. The first-order valence-electron chi connectivity index (χ1n) is 13.6. The van der Waals surface area contributed by atoms with Crippen LogP contribution in [0, 0.1) is 11.6 Å². The first-order valence-corrected chi connectivity index (χ1v) is 14.7. The molecule has 2 aromatic carbocycles. The van der Waals surface area contributed by atoms with Crippen LogP contribution in [-0.2, 0) is 22.3 Å². The lowest BCUT2D eigenvalue weighted by atomic mass is 10.1. The first-order chi connectivity index (χ1) is 21.6. The highest BCUT2D eigenvalue weighted by molar-refractivity contribution is 6.33. The molecule has 2 heterocycles. The smallest absolute Gasteiger partial charge is 0.343 e. The average Bonchev–Trinajstić information content (AvgIpc) is 2.98. The number of ether oxygens (including phenoxy) is 2. The minimum Gasteiger partial charge on any atom is -0.462 e. The topological polar surface area (TPSA) is 142 Å². The second kappa shape index (κ2) is 20.1. The first kappa shape index (κ1) is 37.2. The number of hydrogen-bond acceptors (Lipinski definition) is 10. The molecule has 0 spiro atoms. The van der Waals surface area contributed by atoms with Crippen molar-refractivity contribution in [3.8, 4) is 0 Å². The van der Waals surface area contributed by atoms with Gasteiger partial charge in [-0.3, -0.25) is 0 Å². The predicted octanol–water partition coefficient (Wildman–Crippen LogP) is 6.39. The van der Waals surface area contributed by atoms with Gasteiger partial charge in [0, 0.05) is 18.9 Å². The Morgan fingerprint density at radius 3 is 1.82 bits per heavy atom. The van der Waals surface area contributed by atoms with Gasteiger partial charge in [-0.25, -0.2) is 33.3 Å². The summed E-state index contributed by atoms with van der Waals surface area (Å²) >= 11 is 16.8. The van der Waals surface area contributed by atoms with Crippen LogP contribution in [0.15, 0.2) is 60.9 Å². The van der Waals surface area contributed by atoms with Gasteiger partial charge in [-0.2, -0.15) is 4.98 Å². The van der Waals surface area contributed by atoms with Gasteiger partial charge in [-0.15, -0.1) is 0 Å². The summed E-state index contributed by atoms with van der Waals surface area (Å²) in [5.41, 5.74) is 7.42. The zero-order chi connectivity index (χ0) is 33.2. The molecular formula is C30H31Cl3F2N6O4. The fourth-order valence-electron chi connectivity index (χ4n) is 3.42. The van der Waals surface area contributed by atoms with Gasteiger partial charge >= 0.3 is 11.9 Å². The molecule has 0 aliphatic rings. The summed E-state index contributed by atoms with van der Waals surface area (Å²) in [7, 11) is 0. The average molecular weight is 684 g/mol. The van der Waals surface area contributed by atoms with E-state index in [1.807, 2.05) is 12.1 Å². The number of benzene rings is 2. The van der Waals surface area contributed by atoms with Crippen LogP contribution in [0.5, 0.6) is 0 Å². The van der Waals surface area contributed by atoms with Crippen LogP contribution in [0.3, 0.4) is 0 Å². The lowest BCUT2D eigenvalue weighted by molar-refractivity contribution is 0.0516. The monoisotopic (exact) mass is 682 g/mol. The van der Waals surface area contributed by atoms with E-state index >= 15 is 0 Å². The van der Waals surface area contributed by atoms with Crippen molar-refractivity contribution >= 4 is 52.6 Å². The minimum atomic E-state index is -0.552. The van der Waals surface area contributed by atoms with Crippen LogP contribution in [0.25, 0.3) is 0 Å². The zero-order valence-electron chi connectivity index (χ0n) is 24.4. The number of rotatable bonds is 10. The largest absolute Gasteiger partial charge is 0.462 e. The van der Waals surface area contributed by atoms with Gasteiger partial charge in [0.05, 0.1) is 13.2 Å². The van der Waals surface area contributed by atoms with E-state index in [0.717, 1.165) is 17.5 Å². The molecule has 0 radical (unpaired) electrons. The van der Waals surface area contributed by atoms with Crippen molar-refractivity contribution in [3.05, 3.63) is 111 Å². The normalized spacial score (nSPS) is 10.0. The van der Waals surface area contributed by atoms with Crippen LogP contribution in [0.4, 0.5) is 14.6 Å². The van der Waals surface area contributed by atoms with Crippen molar-refractivity contribution in [2.45, 2.75) is 26.7 Å². The molecule has 0 unspecified atom stereocenters. The number of nitrogens with two attached hydrogens (primary N) is 1. The molecule has 0 saturated carbocycles. The Labute approximate surface area is 274 Å². The molecule has 3 N–H and O–H groups in total. The van der Waals surface area contributed by atoms with E-state index in [-0.39, 0.29) is 51.7 Å². The summed E-state index contributed by atoms with van der Waals surface area (Å²) in [5, 5.41) is 3.03. The van der Waals surface area contributed by atoms with Gasteiger partial charge < -0.3 is 20.5 Å². The molecule has 0 saturated heterocycles. The summed E-state index contributed by atoms with van der Waals surface area (Å²) in [5.74, 6) is -1.24. The SMILES string of the molecule is CCOC(=O)c1cnc(Cl)nc1Cl.CCOC(=O)c1cnc(Cl)nc1NCCc1cccc(F)c1.NCCc1cccc(F)c1. The van der Waals surface area contributed by atoms with E-state index in [4.69, 9.17) is 50.0 Å². The number of nitrogens with zero attached hydrogens (tertiary/aromatic N) is 4. The van der Waals surface area contributed by atoms with E-state index in [1.54, 1.807) is 26.0 Å². The highest BCUT2D eigenvalue weighted by atomic mass is 35.5. The third-order valence-electron chi connectivity index (χ3n) is 5.38. The van der Waals surface area contributed by atoms with Crippen molar-refractivity contribution in [1.29, 1.82) is 0 Å². The molecular weight excluding hydrogens is 653 g/mol. The van der Waals surface area contributed by atoms with Crippen molar-refractivity contribution < 1.29 is 27.8 Å². The van der Waals surface area contributed by atoms with E-state index in [0.29, 0.717) is 25.3 Å². The molecule has 4 aromatic rings. The molecule has 45 heavy (non-hydrogen) atoms. The molecule has 4 rings (SSSR count). The molecule has 0 atom stereocenters. The Hall–Kier alpha value is -3.97. The highest BCUT2D eigenvalue weighted by Crippen LogP contribution is 2.16. The third kappa shape index (κ3) is 13.7. The summed E-state index contributed by atoms with van der Waals surface area (Å²) in [6, 6.07) is 12.8. The van der Waals surface area contributed by atoms with Gasteiger partial charge in [0.2, 0.25) is 10.6 Å². The second-order valence-electron chi connectivity index (χ2n) is 8.66. The maximum atomic E-state index is 13.1. The minimum absolute atomic E-state index is 0.00144. The number of nitrogens with one attached hydrogen (secondary N) is 1. The number of aromatic nitrogens is 4. The lowest BCUT2D eigenvalue weighted by Gasteiger charge is -2.10. The summed E-state index contributed by atoms with van der Waals surface area (Å²) < 4.78 is 35.2. The Bertz CT molecular complexity index is 1550. The van der Waals surface area contributed by atoms with E-state index in [9.17, 15) is 18.4 Å². The Morgan fingerprint density at radius 1 is 0.800 bits per heavy atom. The molecule has 15 heteroatoms. The van der Waals surface area contributed by atoms with Crippen molar-refractivity contribution in [3.63, 3.8) is 0 Å². The van der Waals surface area contributed by atoms with Gasteiger partial charge in [-0.05, 0) is 91.8 Å². The van der Waals surface area contributed by atoms with Gasteiger partial charge in [-0.1, -0.05) is 35.9 Å². The van der Waals surface area contributed by atoms with Gasteiger partial charge in [0.25, 0.3) is 0 Å². The van der Waals surface area contributed by atoms with Crippen molar-refractivity contribution in [2.75, 3.05) is 31.6 Å². The van der Waals surface area contributed by atoms with Crippen LogP contribution in [0.2, 0.25) is 15.7 Å². The summed E-state index contributed by atoms with van der Waals surface area (Å²) in [6.07, 6.45) is 3.87. The standard InChI is InChI=1S/C15H15ClFN3O2.C8H10FN.C7H6Cl2N2O2/c1-2-22-14(21)12-9-19-15(16)20-13(12)18-7-6-10-4-3-5-11(17)8-10;9-8-3-1-2-7(6-8)4-5-10;1-2-13-6(12)4-3-10-7(9)11-5(4)8/h3-5,8-9H,2,6-7H2,1H3,(H,18,19,20);1-3,6H,4-5,10H2;3H,2H2,1H3. The zero-order valence-corrected chi connectivity index (χ0v) is 26.7. The van der Waals surface area contributed by atoms with Crippen LogP contribution in [0.1, 0.15) is 45.7 Å².